The molecule has 0 radical (unpaired) electrons. The number of hydrogen-bond donors (Lipinski definition) is 0. The number of halogens is 1. The summed E-state index contributed by atoms with van der Waals surface area (Å²) in [5.41, 5.74) is 2.03. The number of rotatable bonds is 6. The van der Waals surface area contributed by atoms with Gasteiger partial charge in [-0.1, -0.05) is 42.8 Å². The molecule has 0 saturated heterocycles. The zero-order valence-corrected chi connectivity index (χ0v) is 13.0. The minimum Gasteiger partial charge on any atom is -0.545 e. The van der Waals surface area contributed by atoms with E-state index < -0.39 is 5.97 Å². The molecule has 4 heteroatoms. The summed E-state index contributed by atoms with van der Waals surface area (Å²) >= 11 is 5.99. The van der Waals surface area contributed by atoms with Gasteiger partial charge in [-0.2, -0.15) is 0 Å². The van der Waals surface area contributed by atoms with E-state index >= 15 is 0 Å². The number of benzene rings is 2. The minimum absolute atomic E-state index is 0.546. The van der Waals surface area contributed by atoms with Crippen molar-refractivity contribution in [3.05, 3.63) is 70.8 Å². The fourth-order valence-electron chi connectivity index (χ4n) is 2.06. The van der Waals surface area contributed by atoms with Crippen LogP contribution in [0.3, 0.4) is 0 Å². The van der Waals surface area contributed by atoms with Gasteiger partial charge in [0.15, 0.2) is 0 Å². The van der Waals surface area contributed by atoms with E-state index in [9.17, 15) is 9.90 Å². The molecule has 3 nitrogen and oxygen atoms in total. The van der Waals surface area contributed by atoms with Gasteiger partial charge in [0, 0.05) is 5.02 Å². The summed E-state index contributed by atoms with van der Waals surface area (Å²) in [4.78, 5) is 11.0. The summed E-state index contributed by atoms with van der Waals surface area (Å²) in [6.45, 7) is 2.68. The highest BCUT2D eigenvalue weighted by Crippen LogP contribution is 2.27. The molecule has 0 heterocycles. The zero-order chi connectivity index (χ0) is 15.9. The summed E-state index contributed by atoms with van der Waals surface area (Å²) in [7, 11) is 0. The SMILES string of the molecule is CCCOc1ccc(/C(=C/C(=O)[O-])c2cccc(Cl)c2)cc1. The van der Waals surface area contributed by atoms with Crippen molar-refractivity contribution in [3.8, 4) is 5.75 Å². The summed E-state index contributed by atoms with van der Waals surface area (Å²) < 4.78 is 5.53. The van der Waals surface area contributed by atoms with Gasteiger partial charge in [-0.3, -0.25) is 0 Å². The second-order valence-electron chi connectivity index (χ2n) is 4.76. The van der Waals surface area contributed by atoms with Crippen LogP contribution in [0.1, 0.15) is 24.5 Å². The normalized spacial score (nSPS) is 11.3. The number of carbonyl (C=O) groups is 1. The molecule has 0 spiro atoms. The van der Waals surface area contributed by atoms with Gasteiger partial charge in [-0.05, 0) is 53.5 Å². The maximum absolute atomic E-state index is 11.0. The summed E-state index contributed by atoms with van der Waals surface area (Å²) in [6.07, 6.45) is 2.01. The lowest BCUT2D eigenvalue weighted by atomic mass is 9.97. The molecule has 0 bridgehead atoms. The molecule has 0 atom stereocenters. The van der Waals surface area contributed by atoms with Crippen LogP contribution in [-0.2, 0) is 4.79 Å². The van der Waals surface area contributed by atoms with E-state index in [4.69, 9.17) is 16.3 Å². The van der Waals surface area contributed by atoms with Crippen LogP contribution in [0.5, 0.6) is 5.75 Å². The van der Waals surface area contributed by atoms with Gasteiger partial charge in [0.25, 0.3) is 0 Å². The molecule has 2 aromatic rings. The van der Waals surface area contributed by atoms with Gasteiger partial charge in [0.05, 0.1) is 12.6 Å². The highest BCUT2D eigenvalue weighted by Gasteiger charge is 2.06. The Balaban J connectivity index is 2.36. The van der Waals surface area contributed by atoms with Crippen LogP contribution in [0, 0.1) is 0 Å². The van der Waals surface area contributed by atoms with Gasteiger partial charge in [0.2, 0.25) is 0 Å². The van der Waals surface area contributed by atoms with Crippen molar-refractivity contribution in [3.63, 3.8) is 0 Å². The van der Waals surface area contributed by atoms with Crippen molar-refractivity contribution >= 4 is 23.1 Å². The first-order chi connectivity index (χ1) is 10.6. The van der Waals surface area contributed by atoms with Crippen LogP contribution in [0.4, 0.5) is 0 Å². The molecular formula is C18H16ClO3-. The van der Waals surface area contributed by atoms with Gasteiger partial charge >= 0.3 is 0 Å². The Labute approximate surface area is 134 Å². The second-order valence-corrected chi connectivity index (χ2v) is 5.20. The second kappa shape index (κ2) is 7.66. The summed E-state index contributed by atoms with van der Waals surface area (Å²) in [6, 6.07) is 14.3. The van der Waals surface area contributed by atoms with Gasteiger partial charge in [0.1, 0.15) is 5.75 Å². The third-order valence-electron chi connectivity index (χ3n) is 3.04. The minimum atomic E-state index is -1.25. The van der Waals surface area contributed by atoms with E-state index in [0.29, 0.717) is 17.2 Å². The maximum atomic E-state index is 11.0. The van der Waals surface area contributed by atoms with E-state index in [1.165, 1.54) is 0 Å². The fourth-order valence-corrected chi connectivity index (χ4v) is 2.25. The lowest BCUT2D eigenvalue weighted by Crippen LogP contribution is -2.19. The van der Waals surface area contributed by atoms with Crippen LogP contribution in [0.15, 0.2) is 54.6 Å². The van der Waals surface area contributed by atoms with Crippen molar-refractivity contribution < 1.29 is 14.6 Å². The number of carboxylic acid groups (broad SMARTS) is 1. The fraction of sp³-hybridized carbons (Fsp3) is 0.167. The molecule has 2 rings (SSSR count). The summed E-state index contributed by atoms with van der Waals surface area (Å²) in [5, 5.41) is 11.6. The Morgan fingerprint density at radius 3 is 2.50 bits per heavy atom. The Kier molecular flexibility index (Phi) is 5.61. The van der Waals surface area contributed by atoms with E-state index in [-0.39, 0.29) is 0 Å². The molecule has 0 N–H and O–H groups in total. The van der Waals surface area contributed by atoms with Gasteiger partial charge in [-0.15, -0.1) is 0 Å². The van der Waals surface area contributed by atoms with Crippen molar-refractivity contribution in [2.45, 2.75) is 13.3 Å². The average molecular weight is 316 g/mol. The number of hydrogen-bond acceptors (Lipinski definition) is 3. The number of aliphatic carboxylic acids is 1. The van der Waals surface area contributed by atoms with E-state index in [2.05, 4.69) is 0 Å². The monoisotopic (exact) mass is 315 g/mol. The van der Waals surface area contributed by atoms with Crippen LogP contribution in [-0.4, -0.2) is 12.6 Å². The third-order valence-corrected chi connectivity index (χ3v) is 3.27. The van der Waals surface area contributed by atoms with E-state index in [1.54, 1.807) is 18.2 Å². The highest BCUT2D eigenvalue weighted by molar-refractivity contribution is 6.30. The molecule has 0 aliphatic heterocycles. The van der Waals surface area contributed by atoms with E-state index in [0.717, 1.165) is 29.4 Å². The summed E-state index contributed by atoms with van der Waals surface area (Å²) in [5.74, 6) is -0.495. The number of carbonyl (C=O) groups excluding carboxylic acids is 1. The van der Waals surface area contributed by atoms with Crippen LogP contribution in [0.25, 0.3) is 5.57 Å². The predicted octanol–water partition coefficient (Wildman–Crippen LogP) is 3.31. The van der Waals surface area contributed by atoms with Crippen molar-refractivity contribution in [1.29, 1.82) is 0 Å². The molecule has 0 saturated carbocycles. The zero-order valence-electron chi connectivity index (χ0n) is 12.2. The first-order valence-electron chi connectivity index (χ1n) is 7.02. The average Bonchev–Trinajstić information content (AvgIpc) is 2.51. The molecule has 0 aromatic heterocycles. The molecule has 0 aliphatic rings. The van der Waals surface area contributed by atoms with Crippen molar-refractivity contribution in [1.82, 2.24) is 0 Å². The molecule has 22 heavy (non-hydrogen) atoms. The van der Waals surface area contributed by atoms with Crippen molar-refractivity contribution in [2.24, 2.45) is 0 Å². The topological polar surface area (TPSA) is 49.4 Å². The molecule has 0 unspecified atom stereocenters. The van der Waals surface area contributed by atoms with E-state index in [1.807, 2.05) is 37.3 Å². The van der Waals surface area contributed by atoms with Gasteiger partial charge in [-0.25, -0.2) is 0 Å². The first kappa shape index (κ1) is 16.1. The third kappa shape index (κ3) is 4.37. The largest absolute Gasteiger partial charge is 0.545 e. The maximum Gasteiger partial charge on any atom is 0.119 e. The van der Waals surface area contributed by atoms with Crippen LogP contribution < -0.4 is 9.84 Å². The standard InChI is InChI=1S/C18H17ClO3/c1-2-10-22-16-8-6-13(7-9-16)17(12-18(20)21)14-4-3-5-15(19)11-14/h3-9,11-12H,2,10H2,1H3,(H,20,21)/p-1/b17-12-. The molecule has 2 aromatic carbocycles. The van der Waals surface area contributed by atoms with Crippen LogP contribution in [0.2, 0.25) is 5.02 Å². The van der Waals surface area contributed by atoms with Crippen molar-refractivity contribution in [2.75, 3.05) is 6.61 Å². The lowest BCUT2D eigenvalue weighted by Gasteiger charge is -2.11. The molecular weight excluding hydrogens is 300 g/mol. The smallest absolute Gasteiger partial charge is 0.119 e. The molecule has 0 aliphatic carbocycles. The predicted molar refractivity (Wildman–Crippen MR) is 85.8 cm³/mol. The lowest BCUT2D eigenvalue weighted by molar-refractivity contribution is -0.297. The Morgan fingerprint density at radius 1 is 1.18 bits per heavy atom. The van der Waals surface area contributed by atoms with Gasteiger partial charge < -0.3 is 14.6 Å². The first-order valence-corrected chi connectivity index (χ1v) is 7.40. The Morgan fingerprint density at radius 2 is 1.91 bits per heavy atom. The molecule has 0 amide bonds. The highest BCUT2D eigenvalue weighted by atomic mass is 35.5. The quantitative estimate of drug-likeness (QED) is 0.768. The molecule has 114 valence electrons. The Hall–Kier alpha value is -2.26. The Bertz CT molecular complexity index is 675. The number of carboxylic acids is 1. The van der Waals surface area contributed by atoms with Crippen LogP contribution >= 0.6 is 11.6 Å². The molecule has 0 fully saturated rings. The number of ether oxygens (including phenoxy) is 1.